The maximum absolute atomic E-state index is 13.5. The van der Waals surface area contributed by atoms with Gasteiger partial charge in [-0.25, -0.2) is 0 Å². The number of hydrogen-bond donors (Lipinski definition) is 1. The maximum atomic E-state index is 13.5. The number of nitrogens with one attached hydrogen (secondary N) is 1. The van der Waals surface area contributed by atoms with Crippen LogP contribution < -0.4 is 10.2 Å². The molecule has 10 heteroatoms. The molecule has 0 rings (SSSR count). The third-order valence-electron chi connectivity index (χ3n) is 13.4. The summed E-state index contributed by atoms with van der Waals surface area (Å²) < 4.78 is 30.3. The van der Waals surface area contributed by atoms with Crippen LogP contribution in [0.4, 0.5) is 0 Å². The predicted molar refractivity (Wildman–Crippen MR) is 339 cm³/mol. The molecule has 452 valence electrons. The van der Waals surface area contributed by atoms with Gasteiger partial charge in [0, 0.05) is 12.8 Å². The van der Waals surface area contributed by atoms with Crippen LogP contribution in [0.5, 0.6) is 0 Å². The number of nitrogens with zero attached hydrogens (tertiary/aromatic N) is 1. The van der Waals surface area contributed by atoms with Crippen molar-refractivity contribution in [2.75, 3.05) is 40.9 Å². The van der Waals surface area contributed by atoms with Gasteiger partial charge in [0.2, 0.25) is 5.91 Å². The van der Waals surface area contributed by atoms with Gasteiger partial charge in [-0.3, -0.25) is 14.2 Å². The fourth-order valence-electron chi connectivity index (χ4n) is 8.47. The van der Waals surface area contributed by atoms with Crippen molar-refractivity contribution in [3.63, 3.8) is 0 Å². The molecule has 0 saturated carbocycles. The Morgan fingerprint density at radius 2 is 0.810 bits per heavy atom. The third-order valence-corrected chi connectivity index (χ3v) is 14.3. The van der Waals surface area contributed by atoms with E-state index in [4.69, 9.17) is 13.8 Å². The monoisotopic (exact) mass is 1120 g/mol. The second kappa shape index (κ2) is 57.6. The van der Waals surface area contributed by atoms with Crippen molar-refractivity contribution >= 4 is 19.7 Å². The number of hydrogen-bond acceptors (Lipinski definition) is 7. The Labute approximate surface area is 486 Å². The number of carbonyl (C=O) groups excluding carboxylic acids is 2. The summed E-state index contributed by atoms with van der Waals surface area (Å²) in [5.74, 6) is -0.613. The zero-order valence-corrected chi connectivity index (χ0v) is 52.4. The van der Waals surface area contributed by atoms with Crippen LogP contribution in [0, 0.1) is 0 Å². The predicted octanol–water partition coefficient (Wildman–Crippen LogP) is 19.3. The topological polar surface area (TPSA) is 114 Å². The van der Waals surface area contributed by atoms with Gasteiger partial charge in [-0.1, -0.05) is 239 Å². The number of ether oxygens (including phenoxy) is 1. The highest BCUT2D eigenvalue weighted by Gasteiger charge is 2.27. The Kier molecular flexibility index (Phi) is 55.0. The van der Waals surface area contributed by atoms with Crippen molar-refractivity contribution in [1.29, 1.82) is 0 Å². The Morgan fingerprint density at radius 3 is 1.25 bits per heavy atom. The molecule has 0 fully saturated rings. The normalized spacial score (nSPS) is 14.5. The summed E-state index contributed by atoms with van der Waals surface area (Å²) >= 11 is 0. The number of unbranched alkanes of at least 4 members (excludes halogenated alkanes) is 22. The van der Waals surface area contributed by atoms with E-state index < -0.39 is 26.6 Å². The smallest absolute Gasteiger partial charge is 0.306 e. The Morgan fingerprint density at radius 1 is 0.456 bits per heavy atom. The first-order valence-corrected chi connectivity index (χ1v) is 33.3. The van der Waals surface area contributed by atoms with E-state index in [1.807, 2.05) is 33.3 Å². The highest BCUT2D eigenvalue weighted by molar-refractivity contribution is 7.45. The number of amides is 1. The minimum Gasteiger partial charge on any atom is -0.756 e. The molecule has 0 saturated heterocycles. The van der Waals surface area contributed by atoms with Crippen LogP contribution in [0.15, 0.2) is 122 Å². The molecule has 0 spiro atoms. The number of quaternary nitrogens is 1. The lowest BCUT2D eigenvalue weighted by molar-refractivity contribution is -0.870. The molecule has 0 heterocycles. The van der Waals surface area contributed by atoms with Crippen LogP contribution in [0.25, 0.3) is 0 Å². The molecule has 79 heavy (non-hydrogen) atoms. The van der Waals surface area contributed by atoms with Gasteiger partial charge in [-0.2, -0.15) is 0 Å². The third kappa shape index (κ3) is 58.9. The zero-order chi connectivity index (χ0) is 57.9. The second-order valence-corrected chi connectivity index (χ2v) is 23.6. The molecular weight excluding hydrogens is 1000 g/mol. The first-order chi connectivity index (χ1) is 38.4. The van der Waals surface area contributed by atoms with Gasteiger partial charge in [-0.05, 0) is 122 Å². The van der Waals surface area contributed by atoms with E-state index in [9.17, 15) is 19.0 Å². The number of esters is 1. The van der Waals surface area contributed by atoms with Gasteiger partial charge in [0.05, 0.1) is 33.8 Å². The zero-order valence-electron chi connectivity index (χ0n) is 51.5. The average molecular weight is 1120 g/mol. The van der Waals surface area contributed by atoms with E-state index in [0.717, 1.165) is 122 Å². The van der Waals surface area contributed by atoms with E-state index in [1.54, 1.807) is 0 Å². The number of allylic oxidation sites excluding steroid dienone is 19. The number of rotatable bonds is 56. The van der Waals surface area contributed by atoms with Gasteiger partial charge >= 0.3 is 5.97 Å². The minimum atomic E-state index is -4.72. The van der Waals surface area contributed by atoms with Crippen molar-refractivity contribution in [3.8, 4) is 0 Å². The summed E-state index contributed by atoms with van der Waals surface area (Å²) in [4.78, 5) is 40.0. The molecule has 1 amide bonds. The van der Waals surface area contributed by atoms with E-state index in [2.05, 4.69) is 135 Å². The van der Waals surface area contributed by atoms with Gasteiger partial charge in [0.1, 0.15) is 19.3 Å². The molecule has 0 aliphatic rings. The number of phosphoric acid groups is 1. The lowest BCUT2D eigenvalue weighted by atomic mass is 10.0. The lowest BCUT2D eigenvalue weighted by Gasteiger charge is -2.30. The number of likely N-dealkylation sites (N-methyl/N-ethyl adjacent to an activating group) is 1. The minimum absolute atomic E-state index is 0.0397. The maximum Gasteiger partial charge on any atom is 0.306 e. The Bertz CT molecular complexity index is 1770. The highest BCUT2D eigenvalue weighted by atomic mass is 31.2. The van der Waals surface area contributed by atoms with Gasteiger partial charge in [-0.15, -0.1) is 0 Å². The van der Waals surface area contributed by atoms with Crippen LogP contribution in [-0.4, -0.2) is 69.4 Å². The molecule has 0 bridgehead atoms. The largest absolute Gasteiger partial charge is 0.756 e. The van der Waals surface area contributed by atoms with Crippen LogP contribution >= 0.6 is 7.82 Å². The standard InChI is InChI=1S/C69H119N2O7P/c1-7-10-13-16-19-22-25-28-30-32-34-35-37-38-40-43-46-49-52-55-58-61-68(72)70-66(65-77-79(74,75)76-64-63-71(4,5)6)67(60-57-54-51-48-45-42-27-24-21-18-15-12-9-3)78-69(73)62-59-56-53-50-47-44-41-39-36-33-31-29-26-23-20-17-14-11-8-2/h10,13,19-20,22-23,28-31,34-36,38-40,46,49,57,60,66-67H,7-9,11-12,14-18,21,24-27,32-33,37,41-45,47-48,50-56,58-59,61-65H2,1-6H3,(H-,70,72,74,75)/b13-10-,22-19-,23-20-,30-28-,31-29-,35-34-,39-36-,40-38-,49-46-,60-57+. The first kappa shape index (κ1) is 75.4. The summed E-state index contributed by atoms with van der Waals surface area (Å²) in [6.07, 6.45) is 80.2. The van der Waals surface area contributed by atoms with Crippen molar-refractivity contribution in [1.82, 2.24) is 5.32 Å². The van der Waals surface area contributed by atoms with Gasteiger partial charge in [0.15, 0.2) is 0 Å². The summed E-state index contributed by atoms with van der Waals surface area (Å²) in [5, 5.41) is 3.00. The lowest BCUT2D eigenvalue weighted by Crippen LogP contribution is -2.47. The van der Waals surface area contributed by atoms with Crippen molar-refractivity contribution in [3.05, 3.63) is 122 Å². The molecular formula is C69H119N2O7P. The Hall–Kier alpha value is -3.59. The molecule has 3 atom stereocenters. The molecule has 0 aliphatic heterocycles. The molecule has 0 aromatic rings. The summed E-state index contributed by atoms with van der Waals surface area (Å²) in [6.45, 7) is 6.65. The van der Waals surface area contributed by atoms with E-state index >= 15 is 0 Å². The highest BCUT2D eigenvalue weighted by Crippen LogP contribution is 2.38. The second-order valence-electron chi connectivity index (χ2n) is 22.2. The number of carbonyl (C=O) groups is 2. The molecule has 9 nitrogen and oxygen atoms in total. The van der Waals surface area contributed by atoms with Crippen LogP contribution in [0.1, 0.15) is 252 Å². The summed E-state index contributed by atoms with van der Waals surface area (Å²) in [7, 11) is 1.13. The van der Waals surface area contributed by atoms with Crippen LogP contribution in [-0.2, 0) is 27.9 Å². The summed E-state index contributed by atoms with van der Waals surface area (Å²) in [6, 6.07) is -0.926. The van der Waals surface area contributed by atoms with Crippen molar-refractivity contribution < 1.29 is 37.3 Å². The average Bonchev–Trinajstić information content (AvgIpc) is 3.41. The van der Waals surface area contributed by atoms with E-state index in [-0.39, 0.29) is 31.3 Å². The molecule has 1 N–H and O–H groups in total. The first-order valence-electron chi connectivity index (χ1n) is 31.8. The molecule has 3 unspecified atom stereocenters. The molecule has 0 radical (unpaired) electrons. The van der Waals surface area contributed by atoms with Crippen molar-refractivity contribution in [2.45, 2.75) is 264 Å². The quantitative estimate of drug-likeness (QED) is 0.0212. The number of phosphoric ester groups is 1. The van der Waals surface area contributed by atoms with Crippen molar-refractivity contribution in [2.24, 2.45) is 0 Å². The fraction of sp³-hybridized carbons (Fsp3) is 0.681. The van der Waals surface area contributed by atoms with E-state index in [0.29, 0.717) is 23.9 Å². The fourth-order valence-corrected chi connectivity index (χ4v) is 9.19. The molecule has 0 aromatic carbocycles. The van der Waals surface area contributed by atoms with Crippen LogP contribution in [0.3, 0.4) is 0 Å². The summed E-state index contributed by atoms with van der Waals surface area (Å²) in [5.41, 5.74) is 0. The van der Waals surface area contributed by atoms with Gasteiger partial charge in [0.25, 0.3) is 7.82 Å². The van der Waals surface area contributed by atoms with Gasteiger partial charge < -0.3 is 28.5 Å². The Balaban J connectivity index is 5.39. The van der Waals surface area contributed by atoms with Crippen LogP contribution in [0.2, 0.25) is 0 Å². The SMILES string of the molecule is CC/C=C\C/C=C\C/C=C\C/C=C\C/C=C\C/C=C\CCCCC(=O)NC(COP(=O)([O-])OCC[N+](C)(C)C)C(/C=C/CCCCCCCCCCCCC)OC(=O)CCCCCCCC/C=C\C/C=C\C/C=C\CCCCC. The molecule has 0 aliphatic carbocycles. The van der Waals surface area contributed by atoms with E-state index in [1.165, 1.54) is 83.5 Å². The molecule has 0 aromatic heterocycles.